The fourth-order valence-corrected chi connectivity index (χ4v) is 1.96. The summed E-state index contributed by atoms with van der Waals surface area (Å²) in [6.45, 7) is 5.01. The van der Waals surface area contributed by atoms with Gasteiger partial charge in [0.15, 0.2) is 11.7 Å². The minimum absolute atomic E-state index is 0. The van der Waals surface area contributed by atoms with Gasteiger partial charge in [-0.25, -0.2) is 0 Å². The normalized spacial score (nSPS) is 19.0. The number of carbonyl (C=O) groups excluding carboxylic acids is 1. The summed E-state index contributed by atoms with van der Waals surface area (Å²) >= 11 is 0. The number of morpholine rings is 1. The average Bonchev–Trinajstić information content (AvgIpc) is 2.97. The van der Waals surface area contributed by atoms with Gasteiger partial charge in [0.05, 0.1) is 25.5 Å². The van der Waals surface area contributed by atoms with Crippen LogP contribution < -0.4 is 11.1 Å². The van der Waals surface area contributed by atoms with E-state index in [1.807, 2.05) is 11.8 Å². The zero-order chi connectivity index (χ0) is 14.4. The van der Waals surface area contributed by atoms with Gasteiger partial charge in [-0.3, -0.25) is 9.79 Å². The molecule has 0 spiro atoms. The van der Waals surface area contributed by atoms with Crippen molar-refractivity contribution in [1.29, 1.82) is 0 Å². The van der Waals surface area contributed by atoms with Crippen molar-refractivity contribution in [3.05, 3.63) is 24.2 Å². The number of hydrogen-bond donors (Lipinski definition) is 2. The molecule has 0 aromatic carbocycles. The summed E-state index contributed by atoms with van der Waals surface area (Å²) in [6.07, 6.45) is 1.63. The highest BCUT2D eigenvalue weighted by molar-refractivity contribution is 14.0. The summed E-state index contributed by atoms with van der Waals surface area (Å²) < 4.78 is 10.4. The van der Waals surface area contributed by atoms with E-state index >= 15 is 0 Å². The average molecular weight is 408 g/mol. The Labute approximate surface area is 140 Å². The predicted octanol–water partition coefficient (Wildman–Crippen LogP) is 0.663. The minimum atomic E-state index is -0.247. The molecule has 1 saturated heterocycles. The van der Waals surface area contributed by atoms with Gasteiger partial charge in [-0.1, -0.05) is 0 Å². The molecule has 2 heterocycles. The molecule has 0 radical (unpaired) electrons. The molecule has 2 rings (SSSR count). The van der Waals surface area contributed by atoms with Crippen LogP contribution in [0.4, 0.5) is 0 Å². The molecule has 8 heteroatoms. The first kappa shape index (κ1) is 17.8. The van der Waals surface area contributed by atoms with Crippen LogP contribution in [0.15, 0.2) is 27.8 Å². The first-order valence-corrected chi connectivity index (χ1v) is 6.65. The largest absolute Gasteiger partial charge is 0.459 e. The molecule has 1 aliphatic heterocycles. The maximum atomic E-state index is 11.6. The Kier molecular flexibility index (Phi) is 7.51. The monoisotopic (exact) mass is 408 g/mol. The Hall–Kier alpha value is -1.29. The number of nitrogens with one attached hydrogen (secondary N) is 1. The summed E-state index contributed by atoms with van der Waals surface area (Å²) in [5.74, 6) is 0.542. The minimum Gasteiger partial charge on any atom is -0.459 e. The fourth-order valence-electron chi connectivity index (χ4n) is 1.96. The van der Waals surface area contributed by atoms with Crippen molar-refractivity contribution in [3.8, 4) is 0 Å². The van der Waals surface area contributed by atoms with Crippen LogP contribution in [0, 0.1) is 0 Å². The second-order valence-corrected chi connectivity index (χ2v) is 4.60. The fraction of sp³-hybridized carbons (Fsp3) is 0.538. The highest BCUT2D eigenvalue weighted by Crippen LogP contribution is 2.03. The molecule has 0 bridgehead atoms. The number of nitrogens with zero attached hydrogens (tertiary/aromatic N) is 2. The number of hydrogen-bond acceptors (Lipinski definition) is 4. The highest BCUT2D eigenvalue weighted by atomic mass is 127. The Balaban J connectivity index is 0.00000220. The standard InChI is InChI=1S/C13H20N4O3.HI/c1-10-9-17(6-8-19-10)13(14)16-5-4-15-12(18)11-3-2-7-20-11;/h2-3,7,10H,4-6,8-9H2,1H3,(H2,14,16)(H,15,18);1H. The van der Waals surface area contributed by atoms with E-state index in [0.717, 1.165) is 13.1 Å². The van der Waals surface area contributed by atoms with Gasteiger partial charge in [-0.2, -0.15) is 0 Å². The number of nitrogens with two attached hydrogens (primary N) is 1. The van der Waals surface area contributed by atoms with Crippen molar-refractivity contribution in [1.82, 2.24) is 10.2 Å². The number of carbonyl (C=O) groups is 1. The van der Waals surface area contributed by atoms with Crippen molar-refractivity contribution >= 4 is 35.8 Å². The molecule has 1 fully saturated rings. The smallest absolute Gasteiger partial charge is 0.287 e. The van der Waals surface area contributed by atoms with Crippen molar-refractivity contribution in [3.63, 3.8) is 0 Å². The lowest BCUT2D eigenvalue weighted by Crippen LogP contribution is -2.48. The van der Waals surface area contributed by atoms with Crippen molar-refractivity contribution in [2.45, 2.75) is 13.0 Å². The van der Waals surface area contributed by atoms with Gasteiger partial charge < -0.3 is 25.1 Å². The van der Waals surface area contributed by atoms with Gasteiger partial charge in [-0.05, 0) is 19.1 Å². The molecule has 21 heavy (non-hydrogen) atoms. The zero-order valence-corrected chi connectivity index (χ0v) is 14.3. The van der Waals surface area contributed by atoms with E-state index in [2.05, 4.69) is 10.3 Å². The van der Waals surface area contributed by atoms with Crippen molar-refractivity contribution < 1.29 is 13.9 Å². The Morgan fingerprint density at radius 3 is 3.10 bits per heavy atom. The van der Waals surface area contributed by atoms with Gasteiger partial charge in [-0.15, -0.1) is 24.0 Å². The number of ether oxygens (including phenoxy) is 1. The van der Waals surface area contributed by atoms with E-state index in [4.69, 9.17) is 14.9 Å². The third-order valence-electron chi connectivity index (χ3n) is 2.98. The lowest BCUT2D eigenvalue weighted by molar-refractivity contribution is 0.00530. The van der Waals surface area contributed by atoms with Crippen LogP contribution in [-0.2, 0) is 4.74 Å². The SMILES string of the molecule is CC1CN(C(N)=NCCNC(=O)c2ccco2)CCO1.I. The first-order chi connectivity index (χ1) is 9.66. The third kappa shape index (κ3) is 5.54. The van der Waals surface area contributed by atoms with E-state index in [9.17, 15) is 4.79 Å². The van der Waals surface area contributed by atoms with Gasteiger partial charge >= 0.3 is 0 Å². The Bertz CT molecular complexity index is 464. The molecule has 1 amide bonds. The number of rotatable bonds is 4. The molecule has 118 valence electrons. The third-order valence-corrected chi connectivity index (χ3v) is 2.98. The Morgan fingerprint density at radius 2 is 2.43 bits per heavy atom. The van der Waals surface area contributed by atoms with Crippen LogP contribution in [0.5, 0.6) is 0 Å². The molecule has 1 aromatic rings. The molecule has 1 aromatic heterocycles. The number of furan rings is 1. The molecule has 1 unspecified atom stereocenters. The molecule has 1 aliphatic rings. The molecule has 7 nitrogen and oxygen atoms in total. The highest BCUT2D eigenvalue weighted by Gasteiger charge is 2.17. The maximum Gasteiger partial charge on any atom is 0.287 e. The topological polar surface area (TPSA) is 93.1 Å². The number of halogens is 1. The molecular weight excluding hydrogens is 387 g/mol. The summed E-state index contributed by atoms with van der Waals surface area (Å²) in [7, 11) is 0. The zero-order valence-electron chi connectivity index (χ0n) is 11.9. The molecular formula is C13H21IN4O3. The van der Waals surface area contributed by atoms with Gasteiger partial charge in [0.25, 0.3) is 5.91 Å². The van der Waals surface area contributed by atoms with Gasteiger partial charge in [0.1, 0.15) is 0 Å². The number of amides is 1. The molecule has 0 aliphatic carbocycles. The maximum absolute atomic E-state index is 11.6. The van der Waals surface area contributed by atoms with Crippen LogP contribution in [-0.4, -0.2) is 55.7 Å². The van der Waals surface area contributed by atoms with E-state index in [0.29, 0.717) is 31.4 Å². The summed E-state index contributed by atoms with van der Waals surface area (Å²) in [6, 6.07) is 3.28. The lowest BCUT2D eigenvalue weighted by atomic mass is 10.3. The quantitative estimate of drug-likeness (QED) is 0.331. The summed E-state index contributed by atoms with van der Waals surface area (Å²) in [5.41, 5.74) is 5.91. The van der Waals surface area contributed by atoms with E-state index in [1.54, 1.807) is 12.1 Å². The van der Waals surface area contributed by atoms with Crippen molar-refractivity contribution in [2.75, 3.05) is 32.8 Å². The van der Waals surface area contributed by atoms with Crippen LogP contribution in [0.3, 0.4) is 0 Å². The number of aliphatic imine (C=N–C) groups is 1. The second kappa shape index (κ2) is 8.88. The number of guanidine groups is 1. The summed E-state index contributed by atoms with van der Waals surface area (Å²) in [5, 5.41) is 2.71. The predicted molar refractivity (Wildman–Crippen MR) is 89.9 cm³/mol. The summed E-state index contributed by atoms with van der Waals surface area (Å²) in [4.78, 5) is 17.8. The van der Waals surface area contributed by atoms with Crippen LogP contribution in [0.1, 0.15) is 17.5 Å². The van der Waals surface area contributed by atoms with E-state index in [-0.39, 0.29) is 36.0 Å². The first-order valence-electron chi connectivity index (χ1n) is 6.65. The van der Waals surface area contributed by atoms with Gasteiger partial charge in [0.2, 0.25) is 0 Å². The van der Waals surface area contributed by atoms with Crippen LogP contribution in [0.2, 0.25) is 0 Å². The Morgan fingerprint density at radius 1 is 1.62 bits per heavy atom. The van der Waals surface area contributed by atoms with E-state index < -0.39 is 0 Å². The molecule has 0 saturated carbocycles. The molecule has 3 N–H and O–H groups in total. The molecule has 1 atom stereocenters. The lowest BCUT2D eigenvalue weighted by Gasteiger charge is -2.31. The van der Waals surface area contributed by atoms with Crippen LogP contribution >= 0.6 is 24.0 Å². The van der Waals surface area contributed by atoms with Gasteiger partial charge in [0, 0.05) is 19.6 Å². The second-order valence-electron chi connectivity index (χ2n) is 4.60. The van der Waals surface area contributed by atoms with E-state index in [1.165, 1.54) is 6.26 Å². The van der Waals surface area contributed by atoms with Crippen LogP contribution in [0.25, 0.3) is 0 Å². The van der Waals surface area contributed by atoms with Crippen molar-refractivity contribution in [2.24, 2.45) is 10.7 Å².